The molecule has 7 nitrogen and oxygen atoms in total. The summed E-state index contributed by atoms with van der Waals surface area (Å²) in [6.07, 6.45) is 6.05. The number of amides is 1. The van der Waals surface area contributed by atoms with Gasteiger partial charge in [-0.15, -0.1) is 0 Å². The number of carbonyl (C=O) groups excluding carboxylic acids is 1. The number of rotatable bonds is 9. The van der Waals surface area contributed by atoms with E-state index >= 15 is 0 Å². The summed E-state index contributed by atoms with van der Waals surface area (Å²) in [6.45, 7) is 7.95. The Kier molecular flexibility index (Phi) is 7.86. The van der Waals surface area contributed by atoms with Crippen molar-refractivity contribution < 1.29 is 18.7 Å². The van der Waals surface area contributed by atoms with Crippen molar-refractivity contribution in [3.8, 4) is 0 Å². The monoisotopic (exact) mass is 502 g/mol. The van der Waals surface area contributed by atoms with Crippen LogP contribution in [-0.2, 0) is 14.9 Å². The maximum Gasteiger partial charge on any atom is 0.407 e. The number of nitrogens with one attached hydrogen (secondary N) is 2. The number of carbonyl (C=O) groups is 1. The summed E-state index contributed by atoms with van der Waals surface area (Å²) in [6, 6.07) is 7.38. The highest BCUT2D eigenvalue weighted by Crippen LogP contribution is 2.51. The molecular formula is C28H43FN4O3. The van der Waals surface area contributed by atoms with E-state index in [2.05, 4.69) is 26.5 Å². The quantitative estimate of drug-likeness (QED) is 0.541. The van der Waals surface area contributed by atoms with Crippen molar-refractivity contribution in [1.82, 2.24) is 20.4 Å². The highest BCUT2D eigenvalue weighted by Gasteiger charge is 2.53. The van der Waals surface area contributed by atoms with Gasteiger partial charge in [0.15, 0.2) is 0 Å². The minimum Gasteiger partial charge on any atom is -0.453 e. The first-order valence-corrected chi connectivity index (χ1v) is 13.8. The van der Waals surface area contributed by atoms with Gasteiger partial charge >= 0.3 is 6.09 Å². The summed E-state index contributed by atoms with van der Waals surface area (Å²) in [5.41, 5.74) is 0.826. The summed E-state index contributed by atoms with van der Waals surface area (Å²) in [5, 5.41) is 6.53. The number of halogens is 1. The molecule has 1 amide bonds. The number of nitrogens with zero attached hydrogens (tertiary/aromatic N) is 2. The lowest BCUT2D eigenvalue weighted by molar-refractivity contribution is -0.0798. The molecule has 3 saturated heterocycles. The Labute approximate surface area is 215 Å². The van der Waals surface area contributed by atoms with Crippen LogP contribution in [0, 0.1) is 17.7 Å². The van der Waals surface area contributed by atoms with Crippen molar-refractivity contribution in [2.24, 2.45) is 11.8 Å². The number of benzene rings is 1. The van der Waals surface area contributed by atoms with Gasteiger partial charge in [-0.2, -0.15) is 0 Å². The Balaban J connectivity index is 1.45. The zero-order valence-electron chi connectivity index (χ0n) is 21.9. The Bertz CT molecular complexity index is 895. The summed E-state index contributed by atoms with van der Waals surface area (Å²) in [5.74, 6) is 0.490. The second-order valence-corrected chi connectivity index (χ2v) is 11.5. The van der Waals surface area contributed by atoms with Crippen LogP contribution in [0.1, 0.15) is 44.1 Å². The largest absolute Gasteiger partial charge is 0.453 e. The predicted octanol–water partition coefficient (Wildman–Crippen LogP) is 2.99. The third-order valence-electron chi connectivity index (χ3n) is 9.62. The molecule has 2 N–H and O–H groups in total. The molecule has 0 radical (unpaired) electrons. The molecule has 1 aromatic carbocycles. The molecule has 0 bridgehead atoms. The van der Waals surface area contributed by atoms with E-state index < -0.39 is 0 Å². The molecule has 1 aromatic rings. The van der Waals surface area contributed by atoms with Gasteiger partial charge in [0.1, 0.15) is 11.4 Å². The molecule has 0 unspecified atom stereocenters. The van der Waals surface area contributed by atoms with Crippen LogP contribution in [0.3, 0.4) is 0 Å². The standard InChI is InChI=1S/C28H43FN4O3/c1-35-26(34)31-25-9-4-8-24(25)28(20-32-12-5-13-32,22-6-3-7-23(29)16-22)21-10-14-33(15-11-21)19-27(36-2)17-30-18-27/h3,6-7,16,21,24-25,30H,4-5,8-15,17-20H2,1-2H3,(H,31,34)/t24-,25-,28-/m0/s1. The van der Waals surface area contributed by atoms with Crippen LogP contribution >= 0.6 is 0 Å². The minimum absolute atomic E-state index is 0.0397. The summed E-state index contributed by atoms with van der Waals surface area (Å²) in [7, 11) is 3.25. The molecule has 4 fully saturated rings. The number of alkyl carbamates (subject to hydrolysis) is 1. The topological polar surface area (TPSA) is 66.1 Å². The van der Waals surface area contributed by atoms with E-state index in [1.54, 1.807) is 12.1 Å². The van der Waals surface area contributed by atoms with Gasteiger partial charge in [0.2, 0.25) is 0 Å². The van der Waals surface area contributed by atoms with Gasteiger partial charge in [-0.05, 0) is 87.8 Å². The summed E-state index contributed by atoms with van der Waals surface area (Å²) in [4.78, 5) is 17.4. The van der Waals surface area contributed by atoms with E-state index in [0.29, 0.717) is 5.92 Å². The maximum atomic E-state index is 14.7. The number of ether oxygens (including phenoxy) is 2. The van der Waals surface area contributed by atoms with Crippen LogP contribution in [0.25, 0.3) is 0 Å². The molecule has 200 valence electrons. The van der Waals surface area contributed by atoms with Crippen molar-refractivity contribution in [1.29, 1.82) is 0 Å². The number of piperidine rings is 1. The Hall–Kier alpha value is -1.74. The maximum absolute atomic E-state index is 14.7. The molecule has 3 atom stereocenters. The summed E-state index contributed by atoms with van der Waals surface area (Å²) >= 11 is 0. The lowest BCUT2D eigenvalue weighted by atomic mass is 9.57. The number of hydrogen-bond donors (Lipinski definition) is 2. The fourth-order valence-electron chi connectivity index (χ4n) is 7.48. The summed E-state index contributed by atoms with van der Waals surface area (Å²) < 4.78 is 25.6. The number of hydrogen-bond acceptors (Lipinski definition) is 6. The van der Waals surface area contributed by atoms with E-state index in [-0.39, 0.29) is 34.9 Å². The average Bonchev–Trinajstić information content (AvgIpc) is 3.30. The first-order chi connectivity index (χ1) is 17.5. The van der Waals surface area contributed by atoms with Gasteiger partial charge in [-0.1, -0.05) is 18.6 Å². The van der Waals surface area contributed by atoms with Gasteiger partial charge in [0.25, 0.3) is 0 Å². The number of methoxy groups -OCH3 is 2. The van der Waals surface area contributed by atoms with Gasteiger partial charge in [-0.25, -0.2) is 9.18 Å². The lowest BCUT2D eigenvalue weighted by Crippen LogP contribution is -2.66. The van der Waals surface area contributed by atoms with E-state index in [0.717, 1.165) is 90.0 Å². The van der Waals surface area contributed by atoms with Gasteiger partial charge in [-0.3, -0.25) is 0 Å². The SMILES string of the molecule is COC(=O)N[C@H]1CCC[C@@H]1[C@](CN1CCC1)(c1cccc(F)c1)C1CCN(CC2(OC)CNC2)CC1. The Morgan fingerprint density at radius 2 is 1.89 bits per heavy atom. The third-order valence-corrected chi connectivity index (χ3v) is 9.62. The molecule has 1 aliphatic carbocycles. The van der Waals surface area contributed by atoms with E-state index in [1.807, 2.05) is 13.2 Å². The minimum atomic E-state index is -0.363. The van der Waals surface area contributed by atoms with E-state index in [9.17, 15) is 9.18 Å². The van der Waals surface area contributed by atoms with Crippen molar-refractivity contribution in [3.05, 3.63) is 35.6 Å². The van der Waals surface area contributed by atoms with Crippen molar-refractivity contribution in [2.75, 3.05) is 66.6 Å². The normalized spacial score (nSPS) is 28.6. The van der Waals surface area contributed by atoms with Crippen LogP contribution in [0.15, 0.2) is 24.3 Å². The Morgan fingerprint density at radius 3 is 2.47 bits per heavy atom. The molecule has 4 aliphatic rings. The second-order valence-electron chi connectivity index (χ2n) is 11.5. The van der Waals surface area contributed by atoms with Crippen LogP contribution < -0.4 is 10.6 Å². The second kappa shape index (κ2) is 10.9. The van der Waals surface area contributed by atoms with Crippen molar-refractivity contribution in [3.63, 3.8) is 0 Å². The smallest absolute Gasteiger partial charge is 0.407 e. The van der Waals surface area contributed by atoms with Crippen LogP contribution in [0.4, 0.5) is 9.18 Å². The highest BCUT2D eigenvalue weighted by atomic mass is 19.1. The molecule has 3 aliphatic heterocycles. The van der Waals surface area contributed by atoms with Crippen LogP contribution in [-0.4, -0.2) is 94.1 Å². The van der Waals surface area contributed by atoms with Crippen LogP contribution in [0.2, 0.25) is 0 Å². The van der Waals surface area contributed by atoms with Gasteiger partial charge < -0.3 is 29.9 Å². The van der Waals surface area contributed by atoms with Gasteiger partial charge in [0.05, 0.1) is 7.11 Å². The van der Waals surface area contributed by atoms with E-state index in [1.165, 1.54) is 13.5 Å². The molecule has 3 heterocycles. The highest BCUT2D eigenvalue weighted by molar-refractivity contribution is 5.67. The zero-order valence-corrected chi connectivity index (χ0v) is 21.9. The van der Waals surface area contributed by atoms with Crippen molar-refractivity contribution >= 4 is 6.09 Å². The van der Waals surface area contributed by atoms with Crippen LogP contribution in [0.5, 0.6) is 0 Å². The molecule has 1 saturated carbocycles. The van der Waals surface area contributed by atoms with Gasteiger partial charge in [0, 0.05) is 44.7 Å². The first-order valence-electron chi connectivity index (χ1n) is 13.8. The molecule has 0 spiro atoms. The van der Waals surface area contributed by atoms with Crippen molar-refractivity contribution in [2.45, 2.75) is 55.6 Å². The molecule has 0 aromatic heterocycles. The molecule has 36 heavy (non-hydrogen) atoms. The Morgan fingerprint density at radius 1 is 1.11 bits per heavy atom. The average molecular weight is 503 g/mol. The lowest BCUT2D eigenvalue weighted by Gasteiger charge is -2.54. The zero-order chi connectivity index (χ0) is 25.2. The fraction of sp³-hybridized carbons (Fsp3) is 0.750. The van der Waals surface area contributed by atoms with E-state index in [4.69, 9.17) is 9.47 Å². The molecule has 8 heteroatoms. The third kappa shape index (κ3) is 5.02. The number of likely N-dealkylation sites (tertiary alicyclic amines) is 2. The molecular weight excluding hydrogens is 459 g/mol. The molecule has 5 rings (SSSR count). The predicted molar refractivity (Wildman–Crippen MR) is 138 cm³/mol. The fourth-order valence-corrected chi connectivity index (χ4v) is 7.48. The first kappa shape index (κ1) is 25.9.